The van der Waals surface area contributed by atoms with Gasteiger partial charge in [-0.1, -0.05) is 6.92 Å². The van der Waals surface area contributed by atoms with Crippen LogP contribution in [0.3, 0.4) is 0 Å². The fourth-order valence-electron chi connectivity index (χ4n) is 1.92. The van der Waals surface area contributed by atoms with Crippen LogP contribution in [0.25, 0.3) is 0 Å². The van der Waals surface area contributed by atoms with Crippen LogP contribution in [0, 0.1) is 11.3 Å². The van der Waals surface area contributed by atoms with Crippen molar-refractivity contribution in [1.82, 2.24) is 9.36 Å². The number of nitrogens with zero attached hydrogens (tertiary/aromatic N) is 3. The zero-order chi connectivity index (χ0) is 11.5. The molecule has 1 saturated heterocycles. The summed E-state index contributed by atoms with van der Waals surface area (Å²) in [6, 6.07) is 0. The summed E-state index contributed by atoms with van der Waals surface area (Å²) in [6.07, 6.45) is 2.97. The van der Waals surface area contributed by atoms with E-state index >= 15 is 0 Å². The van der Waals surface area contributed by atoms with Gasteiger partial charge in [-0.3, -0.25) is 5.41 Å². The van der Waals surface area contributed by atoms with Gasteiger partial charge in [0.15, 0.2) is 0 Å². The first-order valence-corrected chi connectivity index (χ1v) is 6.39. The van der Waals surface area contributed by atoms with E-state index in [0.717, 1.165) is 43.3 Å². The van der Waals surface area contributed by atoms with Gasteiger partial charge in [0.1, 0.15) is 5.82 Å². The number of amidine groups is 1. The minimum Gasteiger partial charge on any atom is -0.387 e. The Labute approximate surface area is 99.4 Å². The molecule has 0 amide bonds. The van der Waals surface area contributed by atoms with Gasteiger partial charge in [-0.2, -0.15) is 4.37 Å². The van der Waals surface area contributed by atoms with Crippen molar-refractivity contribution in [2.24, 2.45) is 11.7 Å². The third kappa shape index (κ3) is 2.32. The Bertz CT molecular complexity index is 375. The smallest absolute Gasteiger partial charge is 0.205 e. The summed E-state index contributed by atoms with van der Waals surface area (Å²) in [5.41, 5.74) is 5.56. The fourth-order valence-corrected chi connectivity index (χ4v) is 2.71. The van der Waals surface area contributed by atoms with Crippen LogP contribution < -0.4 is 10.6 Å². The van der Waals surface area contributed by atoms with Crippen LogP contribution in [0.15, 0.2) is 0 Å². The van der Waals surface area contributed by atoms with E-state index < -0.39 is 0 Å². The predicted octanol–water partition coefficient (Wildman–Crippen LogP) is 1.25. The lowest BCUT2D eigenvalue weighted by Crippen LogP contribution is -2.40. The maximum Gasteiger partial charge on any atom is 0.205 e. The van der Waals surface area contributed by atoms with Gasteiger partial charge in [0, 0.05) is 37.0 Å². The molecule has 1 aliphatic heterocycles. The van der Waals surface area contributed by atoms with Crippen molar-refractivity contribution < 1.29 is 0 Å². The third-order valence-corrected chi connectivity index (χ3v) is 3.72. The maximum atomic E-state index is 7.50. The number of anilines is 1. The summed E-state index contributed by atoms with van der Waals surface area (Å²) < 4.78 is 4.28. The Hall–Kier alpha value is -1.17. The number of rotatable bonds is 3. The molecule has 1 atom stereocenters. The molecular formula is C10H17N5S. The monoisotopic (exact) mass is 239 g/mol. The molecule has 1 aliphatic rings. The topological polar surface area (TPSA) is 78.9 Å². The lowest BCUT2D eigenvalue weighted by Gasteiger charge is -2.31. The number of aromatic nitrogens is 2. The highest BCUT2D eigenvalue weighted by Gasteiger charge is 2.24. The van der Waals surface area contributed by atoms with E-state index in [0.29, 0.717) is 5.84 Å². The first-order chi connectivity index (χ1) is 7.70. The van der Waals surface area contributed by atoms with E-state index in [-0.39, 0.29) is 5.92 Å². The Morgan fingerprint density at radius 3 is 3.12 bits per heavy atom. The Balaban J connectivity index is 2.06. The van der Waals surface area contributed by atoms with E-state index in [9.17, 15) is 0 Å². The molecule has 2 rings (SSSR count). The van der Waals surface area contributed by atoms with Gasteiger partial charge in [-0.15, -0.1) is 0 Å². The van der Waals surface area contributed by atoms with Crippen LogP contribution in [0.2, 0.25) is 0 Å². The van der Waals surface area contributed by atoms with Crippen molar-refractivity contribution in [2.75, 3.05) is 18.0 Å². The van der Waals surface area contributed by atoms with Crippen molar-refractivity contribution in [3.05, 3.63) is 5.82 Å². The second kappa shape index (κ2) is 4.78. The molecule has 3 N–H and O–H groups in total. The van der Waals surface area contributed by atoms with Crippen LogP contribution >= 0.6 is 11.5 Å². The van der Waals surface area contributed by atoms with Crippen LogP contribution in [0.4, 0.5) is 5.13 Å². The molecule has 0 bridgehead atoms. The first-order valence-electron chi connectivity index (χ1n) is 5.62. The van der Waals surface area contributed by atoms with Crippen molar-refractivity contribution in [3.8, 4) is 0 Å². The average molecular weight is 239 g/mol. The number of hydrogen-bond acceptors (Lipinski definition) is 5. The zero-order valence-corrected chi connectivity index (χ0v) is 10.3. The normalized spacial score (nSPS) is 21.1. The molecule has 0 saturated carbocycles. The molecule has 0 radical (unpaired) electrons. The van der Waals surface area contributed by atoms with Crippen molar-refractivity contribution in [2.45, 2.75) is 26.2 Å². The fraction of sp³-hybridized carbons (Fsp3) is 0.700. The lowest BCUT2D eigenvalue weighted by atomic mass is 9.97. The van der Waals surface area contributed by atoms with Gasteiger partial charge in [0.25, 0.3) is 0 Å². The molecule has 88 valence electrons. The molecular weight excluding hydrogens is 222 g/mol. The Morgan fingerprint density at radius 2 is 2.50 bits per heavy atom. The summed E-state index contributed by atoms with van der Waals surface area (Å²) in [5, 5.41) is 8.48. The minimum atomic E-state index is 0.183. The average Bonchev–Trinajstić information content (AvgIpc) is 2.77. The standard InChI is InChI=1S/C10H17N5S/c1-2-8-13-10(16-14-8)15-5-3-4-7(6-15)9(11)12/h7H,2-6H2,1H3,(H3,11,12). The highest BCUT2D eigenvalue weighted by atomic mass is 32.1. The van der Waals surface area contributed by atoms with Gasteiger partial charge in [0.2, 0.25) is 5.13 Å². The molecule has 1 fully saturated rings. The predicted molar refractivity (Wildman–Crippen MR) is 66.1 cm³/mol. The largest absolute Gasteiger partial charge is 0.387 e. The molecule has 1 aromatic heterocycles. The molecule has 5 nitrogen and oxygen atoms in total. The molecule has 1 aromatic rings. The molecule has 2 heterocycles. The summed E-state index contributed by atoms with van der Waals surface area (Å²) in [4.78, 5) is 6.67. The van der Waals surface area contributed by atoms with Crippen molar-refractivity contribution in [1.29, 1.82) is 5.41 Å². The van der Waals surface area contributed by atoms with E-state index in [2.05, 4.69) is 21.2 Å². The zero-order valence-electron chi connectivity index (χ0n) is 9.44. The quantitative estimate of drug-likeness (QED) is 0.614. The van der Waals surface area contributed by atoms with Gasteiger partial charge in [0.05, 0.1) is 5.84 Å². The number of aryl methyl sites for hydroxylation is 1. The highest BCUT2D eigenvalue weighted by molar-refractivity contribution is 7.09. The van der Waals surface area contributed by atoms with Crippen LogP contribution in [-0.2, 0) is 6.42 Å². The Morgan fingerprint density at radius 1 is 1.69 bits per heavy atom. The highest BCUT2D eigenvalue weighted by Crippen LogP contribution is 2.24. The molecule has 16 heavy (non-hydrogen) atoms. The van der Waals surface area contributed by atoms with Gasteiger partial charge in [-0.05, 0) is 12.8 Å². The first kappa shape index (κ1) is 11.3. The van der Waals surface area contributed by atoms with Crippen LogP contribution in [-0.4, -0.2) is 28.3 Å². The molecule has 0 aliphatic carbocycles. The third-order valence-electron chi connectivity index (χ3n) is 2.91. The van der Waals surface area contributed by atoms with Crippen LogP contribution in [0.5, 0.6) is 0 Å². The molecule has 0 spiro atoms. The van der Waals surface area contributed by atoms with E-state index in [1.54, 1.807) is 0 Å². The number of hydrogen-bond donors (Lipinski definition) is 2. The second-order valence-electron chi connectivity index (χ2n) is 4.09. The van der Waals surface area contributed by atoms with E-state index in [4.69, 9.17) is 11.1 Å². The summed E-state index contributed by atoms with van der Waals surface area (Å²) in [6.45, 7) is 3.87. The van der Waals surface area contributed by atoms with Gasteiger partial charge in [-0.25, -0.2) is 4.98 Å². The Kier molecular flexibility index (Phi) is 3.38. The molecule has 0 aromatic carbocycles. The number of nitrogens with one attached hydrogen (secondary N) is 1. The van der Waals surface area contributed by atoms with E-state index in [1.807, 2.05) is 0 Å². The van der Waals surface area contributed by atoms with Gasteiger partial charge < -0.3 is 10.6 Å². The van der Waals surface area contributed by atoms with Crippen LogP contribution in [0.1, 0.15) is 25.6 Å². The minimum absolute atomic E-state index is 0.183. The summed E-state index contributed by atoms with van der Waals surface area (Å²) >= 11 is 1.45. The van der Waals surface area contributed by atoms with E-state index in [1.165, 1.54) is 11.5 Å². The SMILES string of the molecule is CCc1nsc(N2CCCC(C(=N)N)C2)n1. The molecule has 6 heteroatoms. The number of piperidine rings is 1. The number of nitrogens with two attached hydrogens (primary N) is 1. The van der Waals surface area contributed by atoms with Crippen molar-refractivity contribution >= 4 is 22.5 Å². The summed E-state index contributed by atoms with van der Waals surface area (Å²) in [7, 11) is 0. The van der Waals surface area contributed by atoms with Crippen molar-refractivity contribution in [3.63, 3.8) is 0 Å². The summed E-state index contributed by atoms with van der Waals surface area (Å²) in [5.74, 6) is 1.39. The lowest BCUT2D eigenvalue weighted by molar-refractivity contribution is 0.502. The maximum absolute atomic E-state index is 7.50. The van der Waals surface area contributed by atoms with Gasteiger partial charge >= 0.3 is 0 Å². The second-order valence-corrected chi connectivity index (χ2v) is 4.82. The molecule has 1 unspecified atom stereocenters.